The highest BCUT2D eigenvalue weighted by Crippen LogP contribution is 2.56. The number of hydrogen-bond acceptors (Lipinski definition) is 9. The van der Waals surface area contributed by atoms with E-state index in [1.54, 1.807) is 23.9 Å². The topological polar surface area (TPSA) is 178 Å². The number of aliphatic hydroxyl groups excluding tert-OH is 3. The molecule has 5 atom stereocenters. The number of rotatable bonds is 4. The maximum atomic E-state index is 13.8. The van der Waals surface area contributed by atoms with Crippen LogP contribution in [-0.2, 0) is 14.4 Å². The van der Waals surface area contributed by atoms with Crippen molar-refractivity contribution in [3.8, 4) is 5.75 Å². The van der Waals surface area contributed by atoms with Crippen LogP contribution in [0.2, 0.25) is 0 Å². The van der Waals surface area contributed by atoms with Crippen molar-refractivity contribution in [3.63, 3.8) is 0 Å². The van der Waals surface area contributed by atoms with E-state index in [4.69, 9.17) is 5.73 Å². The highest BCUT2D eigenvalue weighted by molar-refractivity contribution is 7.99. The Bertz CT molecular complexity index is 1220. The first-order chi connectivity index (χ1) is 17.1. The third-order valence-corrected chi connectivity index (χ3v) is 9.73. The number of benzene rings is 1. The van der Waals surface area contributed by atoms with Gasteiger partial charge in [0.2, 0.25) is 5.78 Å². The number of phenolic OH excluding ortho intramolecular Hbond substituents is 1. The first kappa shape index (κ1) is 24.9. The van der Waals surface area contributed by atoms with Gasteiger partial charge in [-0.3, -0.25) is 14.4 Å². The van der Waals surface area contributed by atoms with Crippen molar-refractivity contribution < 1.29 is 39.9 Å². The molecule has 2 saturated carbocycles. The molecule has 0 bridgehead atoms. The summed E-state index contributed by atoms with van der Waals surface area (Å²) in [6.45, 7) is 0. The summed E-state index contributed by atoms with van der Waals surface area (Å²) in [7, 11) is 0. The number of aliphatic hydroxyl groups is 4. The zero-order valence-corrected chi connectivity index (χ0v) is 20.3. The molecule has 36 heavy (non-hydrogen) atoms. The molecule has 0 aliphatic heterocycles. The molecule has 5 rings (SSSR count). The van der Waals surface area contributed by atoms with Gasteiger partial charge in [0.25, 0.3) is 5.91 Å². The number of phenols is 1. The Labute approximate surface area is 211 Å². The molecule has 4 aliphatic rings. The van der Waals surface area contributed by atoms with E-state index in [0.29, 0.717) is 16.6 Å². The van der Waals surface area contributed by atoms with Gasteiger partial charge in [0.1, 0.15) is 22.8 Å². The number of carbonyl (C=O) groups is 3. The van der Waals surface area contributed by atoms with Gasteiger partial charge >= 0.3 is 0 Å². The lowest BCUT2D eigenvalue weighted by Gasteiger charge is -2.51. The van der Waals surface area contributed by atoms with Gasteiger partial charge in [-0.2, -0.15) is 11.8 Å². The van der Waals surface area contributed by atoms with E-state index in [-0.39, 0.29) is 16.9 Å². The summed E-state index contributed by atoms with van der Waals surface area (Å²) in [6.07, 6.45) is 3.45. The first-order valence-electron chi connectivity index (χ1n) is 12.2. The van der Waals surface area contributed by atoms with E-state index in [2.05, 4.69) is 0 Å². The van der Waals surface area contributed by atoms with E-state index in [1.807, 2.05) is 0 Å². The molecule has 0 saturated heterocycles. The number of thioether (sulfide) groups is 1. The van der Waals surface area contributed by atoms with Crippen molar-refractivity contribution in [2.45, 2.75) is 61.4 Å². The Balaban J connectivity index is 1.65. The van der Waals surface area contributed by atoms with Gasteiger partial charge in [0.15, 0.2) is 11.4 Å². The molecule has 1 aromatic rings. The van der Waals surface area contributed by atoms with Crippen molar-refractivity contribution >= 4 is 35.0 Å². The second-order valence-electron chi connectivity index (χ2n) is 10.1. The summed E-state index contributed by atoms with van der Waals surface area (Å²) in [4.78, 5) is 38.3. The monoisotopic (exact) mass is 515 g/mol. The van der Waals surface area contributed by atoms with Crippen LogP contribution in [0.1, 0.15) is 55.6 Å². The number of amides is 1. The van der Waals surface area contributed by atoms with Crippen molar-refractivity contribution in [2.75, 3.05) is 5.75 Å². The fraction of sp³-hybridized carbons (Fsp3) is 0.500. The minimum Gasteiger partial charge on any atom is -0.508 e. The molecule has 0 aromatic heterocycles. The van der Waals surface area contributed by atoms with E-state index in [9.17, 15) is 39.9 Å². The molecule has 1 aromatic carbocycles. The summed E-state index contributed by atoms with van der Waals surface area (Å²) in [5, 5.41) is 55.9. The quantitative estimate of drug-likeness (QED) is 0.327. The Hall–Kier alpha value is -2.82. The van der Waals surface area contributed by atoms with Crippen LogP contribution in [0.25, 0.3) is 5.76 Å². The summed E-state index contributed by atoms with van der Waals surface area (Å²) >= 11 is 1.71. The van der Waals surface area contributed by atoms with Crippen LogP contribution in [0.3, 0.4) is 0 Å². The normalized spacial score (nSPS) is 32.7. The SMILES string of the molecule is NC(=O)C1=C(O)[C@@]2(O)C(=O)C3=C(O)c4c(O)cccc4[C@H](CSC4CCCCC4)[C@H]3[C@H](O)[C@H]2CC1=O. The van der Waals surface area contributed by atoms with Gasteiger partial charge in [-0.15, -0.1) is 0 Å². The van der Waals surface area contributed by atoms with Gasteiger partial charge in [-0.25, -0.2) is 0 Å². The molecule has 7 N–H and O–H groups in total. The summed E-state index contributed by atoms with van der Waals surface area (Å²) in [6, 6.07) is 4.71. The van der Waals surface area contributed by atoms with Crippen molar-refractivity contribution in [3.05, 3.63) is 46.2 Å². The Morgan fingerprint density at radius 3 is 2.47 bits per heavy atom. The van der Waals surface area contributed by atoms with Crippen LogP contribution >= 0.6 is 11.8 Å². The van der Waals surface area contributed by atoms with Crippen LogP contribution in [0.15, 0.2) is 35.1 Å². The molecule has 1 amide bonds. The predicted molar refractivity (Wildman–Crippen MR) is 131 cm³/mol. The maximum absolute atomic E-state index is 13.8. The van der Waals surface area contributed by atoms with Gasteiger partial charge in [0, 0.05) is 40.8 Å². The van der Waals surface area contributed by atoms with Gasteiger partial charge in [0.05, 0.1) is 11.7 Å². The molecular formula is C26H29NO8S. The van der Waals surface area contributed by atoms with Crippen molar-refractivity contribution in [2.24, 2.45) is 17.6 Å². The lowest BCUT2D eigenvalue weighted by atomic mass is 9.55. The van der Waals surface area contributed by atoms with Gasteiger partial charge < -0.3 is 31.3 Å². The van der Waals surface area contributed by atoms with Crippen LogP contribution in [0.5, 0.6) is 5.75 Å². The lowest BCUT2D eigenvalue weighted by molar-refractivity contribution is -0.160. The zero-order chi connectivity index (χ0) is 25.9. The molecule has 0 unspecified atom stereocenters. The van der Waals surface area contributed by atoms with Crippen molar-refractivity contribution in [1.29, 1.82) is 0 Å². The molecule has 0 radical (unpaired) electrons. The number of carbonyl (C=O) groups excluding carboxylic acids is 3. The summed E-state index contributed by atoms with van der Waals surface area (Å²) < 4.78 is 0. The van der Waals surface area contributed by atoms with E-state index >= 15 is 0 Å². The Morgan fingerprint density at radius 1 is 1.11 bits per heavy atom. The minimum absolute atomic E-state index is 0.0334. The molecule has 192 valence electrons. The number of nitrogens with two attached hydrogens (primary N) is 1. The highest BCUT2D eigenvalue weighted by Gasteiger charge is 2.65. The fourth-order valence-electron chi connectivity index (χ4n) is 6.45. The Morgan fingerprint density at radius 2 is 1.81 bits per heavy atom. The molecule has 10 heteroatoms. The molecule has 4 aliphatic carbocycles. The largest absolute Gasteiger partial charge is 0.508 e. The summed E-state index contributed by atoms with van der Waals surface area (Å²) in [5.41, 5.74) is 1.76. The third-order valence-electron chi connectivity index (χ3n) is 8.23. The van der Waals surface area contributed by atoms with Crippen LogP contribution in [0, 0.1) is 11.8 Å². The van der Waals surface area contributed by atoms with Crippen LogP contribution in [0.4, 0.5) is 0 Å². The molecule has 2 fully saturated rings. The maximum Gasteiger partial charge on any atom is 0.255 e. The standard InChI is InChI=1S/C26H29NO8S/c27-25(34)19-16(29)9-14-21(30)18-13(10-36-11-5-2-1-3-6-11)12-7-4-8-15(28)17(12)22(31)20(18)24(33)26(14,35)23(19)32/h4,7-8,11,13-14,18,21,28,30-32,35H,1-3,5-6,9-10H2,(H2,27,34)/t13-,14+,18+,21+,26+/m0/s1. The van der Waals surface area contributed by atoms with Gasteiger partial charge in [-0.1, -0.05) is 31.4 Å². The number of aromatic hydroxyl groups is 1. The Kier molecular flexibility index (Phi) is 6.17. The molecule has 0 spiro atoms. The minimum atomic E-state index is -2.82. The van der Waals surface area contributed by atoms with Gasteiger partial charge in [-0.05, 0) is 24.5 Å². The number of Topliss-reactive ketones (excluding diaryl/α,β-unsaturated/α-hetero) is 2. The number of primary amides is 1. The van der Waals surface area contributed by atoms with Crippen LogP contribution in [-0.4, -0.2) is 65.7 Å². The highest BCUT2D eigenvalue weighted by atomic mass is 32.2. The zero-order valence-electron chi connectivity index (χ0n) is 19.5. The second-order valence-corrected chi connectivity index (χ2v) is 11.5. The molecule has 9 nitrogen and oxygen atoms in total. The average Bonchev–Trinajstić information content (AvgIpc) is 2.84. The van der Waals surface area contributed by atoms with E-state index in [0.717, 1.165) is 25.7 Å². The van der Waals surface area contributed by atoms with E-state index < -0.39 is 70.4 Å². The van der Waals surface area contributed by atoms with Crippen molar-refractivity contribution in [1.82, 2.24) is 0 Å². The predicted octanol–water partition coefficient (Wildman–Crippen LogP) is 2.00. The number of hydrogen-bond donors (Lipinski definition) is 6. The third kappa shape index (κ3) is 3.49. The second kappa shape index (κ2) is 8.93. The molecule has 0 heterocycles. The molecular weight excluding hydrogens is 486 g/mol. The fourth-order valence-corrected chi connectivity index (χ4v) is 7.98. The smallest absolute Gasteiger partial charge is 0.255 e. The van der Waals surface area contributed by atoms with Crippen LogP contribution < -0.4 is 5.73 Å². The summed E-state index contributed by atoms with van der Waals surface area (Å²) in [5.74, 6) is -7.87. The number of fused-ring (bicyclic) bond motifs is 3. The van der Waals surface area contributed by atoms with E-state index in [1.165, 1.54) is 12.5 Å². The average molecular weight is 516 g/mol. The number of ketones is 2. The lowest BCUT2D eigenvalue weighted by Crippen LogP contribution is -2.64. The first-order valence-corrected chi connectivity index (χ1v) is 13.2.